The van der Waals surface area contributed by atoms with Crippen molar-refractivity contribution in [2.75, 3.05) is 11.5 Å². The first-order chi connectivity index (χ1) is 13.9. The second-order valence-electron chi connectivity index (χ2n) is 6.12. The number of carbonyl (C=O) groups excluding carboxylic acids is 2. The molecule has 0 radical (unpaired) electrons. The summed E-state index contributed by atoms with van der Waals surface area (Å²) in [5.41, 5.74) is 6.11. The van der Waals surface area contributed by atoms with E-state index in [4.69, 9.17) is 5.73 Å². The van der Waals surface area contributed by atoms with Crippen LogP contribution in [-0.2, 0) is 14.4 Å². The number of thioether (sulfide) groups is 1. The molecular weight excluding hydrogens is 438 g/mol. The second kappa shape index (κ2) is 7.57. The van der Waals surface area contributed by atoms with Crippen molar-refractivity contribution in [3.8, 4) is 0 Å². The van der Waals surface area contributed by atoms with Crippen molar-refractivity contribution in [2.45, 2.75) is 17.5 Å². The molecule has 0 bridgehead atoms. The number of β-lactam (4-membered cyclic amide) rings is 1. The minimum Gasteiger partial charge on any atom is -0.477 e. The number of fused-ring (bicyclic) bond motifs is 1. The molecule has 1 saturated heterocycles. The number of rotatable bonds is 6. The summed E-state index contributed by atoms with van der Waals surface area (Å²) in [6, 6.07) is 1.22. The zero-order chi connectivity index (χ0) is 20.7. The largest absolute Gasteiger partial charge is 0.477 e. The summed E-state index contributed by atoms with van der Waals surface area (Å²) in [6.45, 7) is 0. The van der Waals surface area contributed by atoms with Gasteiger partial charge < -0.3 is 16.2 Å². The Balaban J connectivity index is 1.55. The third kappa shape index (κ3) is 3.30. The minimum atomic E-state index is -1.44. The van der Waals surface area contributed by atoms with Crippen molar-refractivity contribution in [3.05, 3.63) is 44.1 Å². The van der Waals surface area contributed by atoms with Crippen LogP contribution in [0.1, 0.15) is 16.6 Å². The van der Waals surface area contributed by atoms with Crippen LogP contribution in [0, 0.1) is 4.91 Å². The molecule has 4 rings (SSSR count). The maximum absolute atomic E-state index is 12.7. The molecule has 2 aromatic rings. The number of aromatic nitrogens is 1. The number of aliphatic carboxylic acids is 1. The first-order valence-electron chi connectivity index (χ1n) is 8.21. The molecule has 0 aromatic carbocycles. The lowest BCUT2D eigenvalue weighted by molar-refractivity contribution is -0.150. The highest BCUT2D eigenvalue weighted by Crippen LogP contribution is 2.44. The van der Waals surface area contributed by atoms with Gasteiger partial charge in [-0.3, -0.25) is 14.5 Å². The number of amides is 2. The number of carbonyl (C=O) groups is 3. The van der Waals surface area contributed by atoms with E-state index in [1.165, 1.54) is 33.4 Å². The lowest BCUT2D eigenvalue weighted by atomic mass is 10.0. The number of hydrogen-bond donors (Lipinski definition) is 3. The summed E-state index contributed by atoms with van der Waals surface area (Å²) in [5, 5.41) is 17.9. The van der Waals surface area contributed by atoms with Gasteiger partial charge in [0.15, 0.2) is 5.13 Å². The van der Waals surface area contributed by atoms with Gasteiger partial charge in [0.25, 0.3) is 11.8 Å². The first kappa shape index (κ1) is 19.5. The number of carboxylic acid groups (broad SMARTS) is 1. The van der Waals surface area contributed by atoms with Crippen LogP contribution < -0.4 is 11.1 Å². The Morgan fingerprint density at radius 2 is 2.21 bits per heavy atom. The molecule has 0 aliphatic carbocycles. The van der Waals surface area contributed by atoms with Crippen molar-refractivity contribution in [3.63, 3.8) is 0 Å². The molecule has 10 nitrogen and oxygen atoms in total. The first-order valence-corrected chi connectivity index (χ1v) is 11.0. The monoisotopic (exact) mass is 451 g/mol. The molecule has 4 heterocycles. The molecular formula is C16H13N5O5S3. The summed E-state index contributed by atoms with van der Waals surface area (Å²) in [5.74, 6) is -2.17. The van der Waals surface area contributed by atoms with Crippen LogP contribution in [0.5, 0.6) is 0 Å². The van der Waals surface area contributed by atoms with Crippen molar-refractivity contribution in [2.24, 2.45) is 5.18 Å². The average molecular weight is 452 g/mol. The molecule has 150 valence electrons. The second-order valence-corrected chi connectivity index (χ2v) is 9.07. The van der Waals surface area contributed by atoms with Gasteiger partial charge in [-0.2, -0.15) is 0 Å². The number of nitrogen functional groups attached to an aromatic ring is 1. The number of nitroso groups, excluding NO2 is 1. The summed E-state index contributed by atoms with van der Waals surface area (Å²) in [6.07, 6.45) is 0. The van der Waals surface area contributed by atoms with Crippen LogP contribution in [0.4, 0.5) is 5.13 Å². The fourth-order valence-electron chi connectivity index (χ4n) is 3.15. The number of nitrogens with two attached hydrogens (primary N) is 1. The third-order valence-electron chi connectivity index (χ3n) is 4.46. The molecule has 0 saturated carbocycles. The third-order valence-corrected chi connectivity index (χ3v) is 7.36. The van der Waals surface area contributed by atoms with Gasteiger partial charge in [-0.25, -0.2) is 9.78 Å². The smallest absolute Gasteiger partial charge is 0.353 e. The van der Waals surface area contributed by atoms with Crippen LogP contribution >= 0.6 is 34.4 Å². The Kier molecular flexibility index (Phi) is 5.10. The highest BCUT2D eigenvalue weighted by atomic mass is 32.2. The number of carboxylic acids is 1. The van der Waals surface area contributed by atoms with Crippen LogP contribution in [0.25, 0.3) is 5.57 Å². The Morgan fingerprint density at radius 3 is 2.79 bits per heavy atom. The van der Waals surface area contributed by atoms with E-state index in [-0.39, 0.29) is 16.5 Å². The molecule has 13 heteroatoms. The number of thiazole rings is 1. The lowest BCUT2D eigenvalue weighted by Crippen LogP contribution is -2.70. The van der Waals surface area contributed by atoms with Gasteiger partial charge in [0.1, 0.15) is 17.1 Å². The van der Waals surface area contributed by atoms with Gasteiger partial charge in [-0.15, -0.1) is 39.3 Å². The molecule has 1 fully saturated rings. The molecule has 3 atom stereocenters. The molecule has 0 spiro atoms. The Bertz CT molecular complexity index is 1030. The summed E-state index contributed by atoms with van der Waals surface area (Å²) in [4.78, 5) is 54.0. The topological polar surface area (TPSA) is 155 Å². The summed E-state index contributed by atoms with van der Waals surface area (Å²) < 4.78 is 0. The molecule has 2 amide bonds. The number of nitrogens with zero attached hydrogens (tertiary/aromatic N) is 3. The normalized spacial score (nSPS) is 21.9. The van der Waals surface area contributed by atoms with E-state index < -0.39 is 35.2 Å². The van der Waals surface area contributed by atoms with Crippen LogP contribution in [0.15, 0.2) is 33.8 Å². The van der Waals surface area contributed by atoms with E-state index >= 15 is 0 Å². The quantitative estimate of drug-likeness (QED) is 0.441. The maximum Gasteiger partial charge on any atom is 0.353 e. The fourth-order valence-corrected chi connectivity index (χ4v) is 5.96. The molecule has 2 aliphatic heterocycles. The van der Waals surface area contributed by atoms with Gasteiger partial charge in [-0.05, 0) is 16.6 Å². The van der Waals surface area contributed by atoms with E-state index in [2.05, 4.69) is 15.5 Å². The number of nitrogens with one attached hydrogen (secondary N) is 1. The van der Waals surface area contributed by atoms with E-state index in [9.17, 15) is 24.4 Å². The van der Waals surface area contributed by atoms with Crippen molar-refractivity contribution < 1.29 is 19.5 Å². The van der Waals surface area contributed by atoms with Gasteiger partial charge in [0, 0.05) is 21.6 Å². The average Bonchev–Trinajstić information content (AvgIpc) is 3.37. The van der Waals surface area contributed by atoms with Crippen LogP contribution in [0.3, 0.4) is 0 Å². The number of anilines is 1. The number of hydrogen-bond acceptors (Lipinski definition) is 10. The van der Waals surface area contributed by atoms with Crippen molar-refractivity contribution in [1.29, 1.82) is 0 Å². The SMILES string of the molecule is Nc1nc(C(N=O)C(=O)N[C@@H]2C(=O)N3C(C(=O)O)=C(c4cccs4)CS[C@@H]23)cs1. The Morgan fingerprint density at radius 1 is 1.41 bits per heavy atom. The molecule has 2 aromatic heterocycles. The van der Waals surface area contributed by atoms with Gasteiger partial charge in [0.05, 0.1) is 5.69 Å². The molecule has 1 unspecified atom stereocenters. The van der Waals surface area contributed by atoms with E-state index in [0.717, 1.165) is 16.2 Å². The van der Waals surface area contributed by atoms with Gasteiger partial charge >= 0.3 is 5.97 Å². The van der Waals surface area contributed by atoms with Gasteiger partial charge in [0.2, 0.25) is 6.04 Å². The molecule has 4 N–H and O–H groups in total. The van der Waals surface area contributed by atoms with E-state index in [0.29, 0.717) is 11.3 Å². The van der Waals surface area contributed by atoms with Crippen molar-refractivity contribution >= 4 is 62.9 Å². The minimum absolute atomic E-state index is 0.0796. The number of thiophene rings is 1. The predicted octanol–water partition coefficient (Wildman–Crippen LogP) is 1.49. The highest BCUT2D eigenvalue weighted by molar-refractivity contribution is 8.00. The van der Waals surface area contributed by atoms with E-state index in [1.54, 1.807) is 6.07 Å². The molecule has 2 aliphatic rings. The Labute approximate surface area is 175 Å². The highest BCUT2D eigenvalue weighted by Gasteiger charge is 2.54. The maximum atomic E-state index is 12.7. The van der Waals surface area contributed by atoms with Crippen LogP contribution in [0.2, 0.25) is 0 Å². The summed E-state index contributed by atoms with van der Waals surface area (Å²) in [7, 11) is 0. The van der Waals surface area contributed by atoms with Gasteiger partial charge in [-0.1, -0.05) is 6.07 Å². The summed E-state index contributed by atoms with van der Waals surface area (Å²) >= 11 is 3.80. The zero-order valence-corrected chi connectivity index (χ0v) is 16.9. The van der Waals surface area contributed by atoms with Crippen LogP contribution in [-0.4, -0.2) is 49.9 Å². The Hall–Kier alpha value is -2.77. The van der Waals surface area contributed by atoms with Crippen molar-refractivity contribution in [1.82, 2.24) is 15.2 Å². The standard InChI is InChI=1S/C16H13N5O5S3/c17-16-18-7(5-29-16)9(20-26)12(22)19-10-13(23)21-11(15(24)25)6(4-28-14(10)21)8-2-1-3-27-8/h1-3,5,9-10,14H,4H2,(H2,17,18)(H,19,22)(H,24,25)/t9?,10-,14+/m1/s1. The molecule has 29 heavy (non-hydrogen) atoms. The zero-order valence-electron chi connectivity index (χ0n) is 14.5. The lowest BCUT2D eigenvalue weighted by Gasteiger charge is -2.49. The van der Waals surface area contributed by atoms with E-state index in [1.807, 2.05) is 11.4 Å². The fraction of sp³-hybridized carbons (Fsp3) is 0.250. The predicted molar refractivity (Wildman–Crippen MR) is 109 cm³/mol.